The van der Waals surface area contributed by atoms with Crippen molar-refractivity contribution in [3.05, 3.63) is 42.6 Å². The number of aromatic nitrogens is 1. The standard InChI is InChI=1S/C13H13N3O2/c1-9(17)16-11-4-2-3-5-12(11)18-10-6-7-15-13(14)8-10/h2-8H,1H3,(H2,14,15)(H,16,17). The molecule has 92 valence electrons. The van der Waals surface area contributed by atoms with Crippen molar-refractivity contribution in [3.63, 3.8) is 0 Å². The fourth-order valence-corrected chi connectivity index (χ4v) is 1.47. The van der Waals surface area contributed by atoms with Crippen molar-refractivity contribution in [1.29, 1.82) is 0 Å². The van der Waals surface area contributed by atoms with Gasteiger partial charge in [0.25, 0.3) is 0 Å². The summed E-state index contributed by atoms with van der Waals surface area (Å²) in [6, 6.07) is 10.5. The number of nitrogen functional groups attached to an aromatic ring is 1. The lowest BCUT2D eigenvalue weighted by molar-refractivity contribution is -0.114. The summed E-state index contributed by atoms with van der Waals surface area (Å²) in [5.41, 5.74) is 6.18. The molecular weight excluding hydrogens is 230 g/mol. The number of nitrogens with two attached hydrogens (primary N) is 1. The molecule has 2 rings (SSSR count). The van der Waals surface area contributed by atoms with Gasteiger partial charge in [-0.05, 0) is 18.2 Å². The summed E-state index contributed by atoms with van der Waals surface area (Å²) in [5, 5.41) is 2.70. The summed E-state index contributed by atoms with van der Waals surface area (Å²) in [6.07, 6.45) is 1.56. The van der Waals surface area contributed by atoms with E-state index in [1.165, 1.54) is 6.92 Å². The molecule has 0 aliphatic carbocycles. The maximum absolute atomic E-state index is 11.1. The second-order valence-electron chi connectivity index (χ2n) is 3.70. The molecule has 5 nitrogen and oxygen atoms in total. The predicted molar refractivity (Wildman–Crippen MR) is 69.5 cm³/mol. The van der Waals surface area contributed by atoms with Gasteiger partial charge in [-0.1, -0.05) is 12.1 Å². The maximum Gasteiger partial charge on any atom is 0.221 e. The SMILES string of the molecule is CC(=O)Nc1ccccc1Oc1ccnc(N)c1. The van der Waals surface area contributed by atoms with Gasteiger partial charge in [-0.25, -0.2) is 4.98 Å². The Labute approximate surface area is 105 Å². The number of anilines is 2. The van der Waals surface area contributed by atoms with Crippen molar-refractivity contribution in [3.8, 4) is 11.5 Å². The van der Waals surface area contributed by atoms with E-state index in [0.29, 0.717) is 23.0 Å². The van der Waals surface area contributed by atoms with E-state index in [1.807, 2.05) is 12.1 Å². The van der Waals surface area contributed by atoms with Crippen LogP contribution < -0.4 is 15.8 Å². The zero-order chi connectivity index (χ0) is 13.0. The van der Waals surface area contributed by atoms with E-state index in [2.05, 4.69) is 10.3 Å². The van der Waals surface area contributed by atoms with E-state index in [-0.39, 0.29) is 5.91 Å². The molecule has 1 heterocycles. The number of amides is 1. The Morgan fingerprint density at radius 3 is 2.83 bits per heavy atom. The molecule has 0 saturated heterocycles. The van der Waals surface area contributed by atoms with Crippen LogP contribution >= 0.6 is 0 Å². The molecule has 0 fully saturated rings. The first-order valence-corrected chi connectivity index (χ1v) is 5.41. The Bertz CT molecular complexity index is 570. The van der Waals surface area contributed by atoms with E-state index in [1.54, 1.807) is 30.5 Å². The summed E-state index contributed by atoms with van der Waals surface area (Å²) in [7, 11) is 0. The van der Waals surface area contributed by atoms with Crippen LogP contribution in [0.1, 0.15) is 6.92 Å². The lowest BCUT2D eigenvalue weighted by Crippen LogP contribution is -2.06. The molecule has 0 aliphatic rings. The molecule has 0 aliphatic heterocycles. The summed E-state index contributed by atoms with van der Waals surface area (Å²) in [4.78, 5) is 15.0. The molecule has 5 heteroatoms. The number of para-hydroxylation sites is 2. The molecule has 18 heavy (non-hydrogen) atoms. The maximum atomic E-state index is 11.1. The van der Waals surface area contributed by atoms with Crippen LogP contribution in [0.3, 0.4) is 0 Å². The van der Waals surface area contributed by atoms with Crippen molar-refractivity contribution in [2.45, 2.75) is 6.92 Å². The van der Waals surface area contributed by atoms with Crippen molar-refractivity contribution in [2.24, 2.45) is 0 Å². The molecule has 0 radical (unpaired) electrons. The van der Waals surface area contributed by atoms with E-state index >= 15 is 0 Å². The Hall–Kier alpha value is -2.56. The number of carbonyl (C=O) groups is 1. The zero-order valence-corrected chi connectivity index (χ0v) is 9.88. The van der Waals surface area contributed by atoms with Crippen LogP contribution in [0.25, 0.3) is 0 Å². The molecule has 2 aromatic rings. The fourth-order valence-electron chi connectivity index (χ4n) is 1.47. The van der Waals surface area contributed by atoms with Gasteiger partial charge in [0, 0.05) is 19.2 Å². The van der Waals surface area contributed by atoms with Gasteiger partial charge >= 0.3 is 0 Å². The lowest BCUT2D eigenvalue weighted by atomic mass is 10.3. The Morgan fingerprint density at radius 1 is 1.33 bits per heavy atom. The minimum atomic E-state index is -0.153. The number of benzene rings is 1. The lowest BCUT2D eigenvalue weighted by Gasteiger charge is -2.11. The topological polar surface area (TPSA) is 77.2 Å². The first kappa shape index (κ1) is 11.9. The molecule has 0 atom stereocenters. The number of pyridine rings is 1. The average Bonchev–Trinajstić information content (AvgIpc) is 2.31. The van der Waals surface area contributed by atoms with E-state index in [9.17, 15) is 4.79 Å². The molecule has 0 saturated carbocycles. The molecule has 0 spiro atoms. The van der Waals surface area contributed by atoms with Crippen LogP contribution in [-0.2, 0) is 4.79 Å². The number of nitrogens with one attached hydrogen (secondary N) is 1. The highest BCUT2D eigenvalue weighted by atomic mass is 16.5. The van der Waals surface area contributed by atoms with E-state index < -0.39 is 0 Å². The third-order valence-electron chi connectivity index (χ3n) is 2.18. The first-order chi connectivity index (χ1) is 8.65. The second kappa shape index (κ2) is 5.18. The van der Waals surface area contributed by atoms with Crippen LogP contribution in [0.2, 0.25) is 0 Å². The predicted octanol–water partition coefficient (Wildman–Crippen LogP) is 2.41. The Morgan fingerprint density at radius 2 is 2.11 bits per heavy atom. The van der Waals surface area contributed by atoms with Gasteiger partial charge in [0.1, 0.15) is 11.6 Å². The van der Waals surface area contributed by atoms with Crippen LogP contribution in [-0.4, -0.2) is 10.9 Å². The van der Waals surface area contributed by atoms with Crippen LogP contribution in [0.5, 0.6) is 11.5 Å². The largest absolute Gasteiger partial charge is 0.455 e. The van der Waals surface area contributed by atoms with Crippen LogP contribution in [0, 0.1) is 0 Å². The van der Waals surface area contributed by atoms with Gasteiger partial charge < -0.3 is 15.8 Å². The van der Waals surface area contributed by atoms with Gasteiger partial charge in [-0.2, -0.15) is 0 Å². The summed E-state index contributed by atoms with van der Waals surface area (Å²) >= 11 is 0. The van der Waals surface area contributed by atoms with Gasteiger partial charge in [-0.3, -0.25) is 4.79 Å². The Balaban J connectivity index is 2.26. The van der Waals surface area contributed by atoms with E-state index in [0.717, 1.165) is 0 Å². The molecule has 1 amide bonds. The monoisotopic (exact) mass is 243 g/mol. The number of hydrogen-bond acceptors (Lipinski definition) is 4. The molecule has 3 N–H and O–H groups in total. The Kier molecular flexibility index (Phi) is 3.43. The number of hydrogen-bond donors (Lipinski definition) is 2. The highest BCUT2D eigenvalue weighted by Crippen LogP contribution is 2.29. The van der Waals surface area contributed by atoms with Gasteiger partial charge in [0.2, 0.25) is 5.91 Å². The number of rotatable bonds is 3. The quantitative estimate of drug-likeness (QED) is 0.867. The average molecular weight is 243 g/mol. The molecule has 1 aromatic heterocycles. The van der Waals surface area contributed by atoms with Crippen LogP contribution in [0.4, 0.5) is 11.5 Å². The third kappa shape index (κ3) is 2.98. The fraction of sp³-hybridized carbons (Fsp3) is 0.0769. The number of ether oxygens (including phenoxy) is 1. The molecule has 0 unspecified atom stereocenters. The van der Waals surface area contributed by atoms with Crippen molar-refractivity contribution >= 4 is 17.4 Å². The molecule has 0 bridgehead atoms. The summed E-state index contributed by atoms with van der Waals surface area (Å²) in [5.74, 6) is 1.35. The minimum Gasteiger partial charge on any atom is -0.455 e. The first-order valence-electron chi connectivity index (χ1n) is 5.41. The third-order valence-corrected chi connectivity index (χ3v) is 2.18. The number of carbonyl (C=O) groups excluding carboxylic acids is 1. The van der Waals surface area contributed by atoms with Gasteiger partial charge in [0.05, 0.1) is 5.69 Å². The normalized spacial score (nSPS) is 9.83. The highest BCUT2D eigenvalue weighted by Gasteiger charge is 2.05. The van der Waals surface area contributed by atoms with Gasteiger partial charge in [0.15, 0.2) is 5.75 Å². The van der Waals surface area contributed by atoms with E-state index in [4.69, 9.17) is 10.5 Å². The summed E-state index contributed by atoms with van der Waals surface area (Å²) in [6.45, 7) is 1.45. The molecular formula is C13H13N3O2. The summed E-state index contributed by atoms with van der Waals surface area (Å²) < 4.78 is 5.66. The smallest absolute Gasteiger partial charge is 0.221 e. The van der Waals surface area contributed by atoms with Crippen molar-refractivity contribution in [1.82, 2.24) is 4.98 Å². The highest BCUT2D eigenvalue weighted by molar-refractivity contribution is 5.90. The van der Waals surface area contributed by atoms with Crippen molar-refractivity contribution < 1.29 is 9.53 Å². The zero-order valence-electron chi connectivity index (χ0n) is 9.88. The minimum absolute atomic E-state index is 0.153. The second-order valence-corrected chi connectivity index (χ2v) is 3.70. The van der Waals surface area contributed by atoms with Crippen LogP contribution in [0.15, 0.2) is 42.6 Å². The van der Waals surface area contributed by atoms with Crippen molar-refractivity contribution in [2.75, 3.05) is 11.1 Å². The molecule has 1 aromatic carbocycles. The van der Waals surface area contributed by atoms with Gasteiger partial charge in [-0.15, -0.1) is 0 Å². The number of nitrogens with zero attached hydrogens (tertiary/aromatic N) is 1.